The lowest BCUT2D eigenvalue weighted by atomic mass is 10.1. The van der Waals surface area contributed by atoms with Gasteiger partial charge >= 0.3 is 0 Å². The summed E-state index contributed by atoms with van der Waals surface area (Å²) in [6.07, 6.45) is 5.59. The molecule has 0 saturated carbocycles. The fourth-order valence-corrected chi connectivity index (χ4v) is 4.08. The number of pyridine rings is 1. The molecule has 7 heteroatoms. The van der Waals surface area contributed by atoms with E-state index in [4.69, 9.17) is 0 Å². The minimum atomic E-state index is -3.63. The number of rotatable bonds is 10. The standard InChI is InChI=1S/C24H25N3O3S/c1-2-15-26-31(29,30)23-10-8-22(9-11-23)24(28)27(19-21-12-16-25-17-13-21)18-14-20-6-4-3-5-7-20/h2-13,16-17,26H,1,14-15,18-19H2. The largest absolute Gasteiger partial charge is 0.334 e. The molecule has 0 spiro atoms. The van der Waals surface area contributed by atoms with Crippen molar-refractivity contribution in [1.29, 1.82) is 0 Å². The van der Waals surface area contributed by atoms with Crippen molar-refractivity contribution in [3.63, 3.8) is 0 Å². The second-order valence-corrected chi connectivity index (χ2v) is 8.75. The lowest BCUT2D eigenvalue weighted by molar-refractivity contribution is 0.0745. The van der Waals surface area contributed by atoms with Gasteiger partial charge in [-0.05, 0) is 53.9 Å². The molecule has 3 aromatic rings. The van der Waals surface area contributed by atoms with E-state index in [0.717, 1.165) is 17.5 Å². The number of benzene rings is 2. The number of aromatic nitrogens is 1. The predicted molar refractivity (Wildman–Crippen MR) is 121 cm³/mol. The van der Waals surface area contributed by atoms with E-state index in [-0.39, 0.29) is 17.3 Å². The van der Waals surface area contributed by atoms with Gasteiger partial charge in [0.15, 0.2) is 0 Å². The van der Waals surface area contributed by atoms with Crippen LogP contribution in [0.15, 0.2) is 96.7 Å². The van der Waals surface area contributed by atoms with Crippen LogP contribution in [0.1, 0.15) is 21.5 Å². The second kappa shape index (κ2) is 10.7. The third-order valence-corrected chi connectivity index (χ3v) is 6.19. The number of sulfonamides is 1. The molecular weight excluding hydrogens is 410 g/mol. The summed E-state index contributed by atoms with van der Waals surface area (Å²) in [4.78, 5) is 19.1. The van der Waals surface area contributed by atoms with Crippen molar-refractivity contribution in [3.8, 4) is 0 Å². The number of nitrogens with one attached hydrogen (secondary N) is 1. The van der Waals surface area contributed by atoms with E-state index >= 15 is 0 Å². The van der Waals surface area contributed by atoms with Crippen LogP contribution >= 0.6 is 0 Å². The molecule has 0 saturated heterocycles. The monoisotopic (exact) mass is 435 g/mol. The molecule has 0 fully saturated rings. The van der Waals surface area contributed by atoms with E-state index in [9.17, 15) is 13.2 Å². The van der Waals surface area contributed by atoms with E-state index in [2.05, 4.69) is 16.3 Å². The van der Waals surface area contributed by atoms with Crippen molar-refractivity contribution in [2.45, 2.75) is 17.9 Å². The van der Waals surface area contributed by atoms with Crippen LogP contribution in [-0.2, 0) is 23.0 Å². The van der Waals surface area contributed by atoms with Gasteiger partial charge in [0.1, 0.15) is 0 Å². The lowest BCUT2D eigenvalue weighted by Gasteiger charge is -2.23. The van der Waals surface area contributed by atoms with E-state index in [1.54, 1.807) is 29.4 Å². The van der Waals surface area contributed by atoms with Gasteiger partial charge in [-0.2, -0.15) is 0 Å². The molecule has 1 aromatic heterocycles. The second-order valence-electron chi connectivity index (χ2n) is 6.98. The summed E-state index contributed by atoms with van der Waals surface area (Å²) in [6, 6.07) is 19.7. The molecular formula is C24H25N3O3S. The van der Waals surface area contributed by atoms with Crippen LogP contribution in [0.4, 0.5) is 0 Å². The summed E-state index contributed by atoms with van der Waals surface area (Å²) in [5.41, 5.74) is 2.55. The Morgan fingerprint density at radius 3 is 2.29 bits per heavy atom. The van der Waals surface area contributed by atoms with Crippen LogP contribution < -0.4 is 4.72 Å². The predicted octanol–water partition coefficient (Wildman–Crippen LogP) is 3.43. The molecule has 0 aliphatic carbocycles. The topological polar surface area (TPSA) is 79.4 Å². The quantitative estimate of drug-likeness (QED) is 0.495. The lowest BCUT2D eigenvalue weighted by Crippen LogP contribution is -2.32. The minimum absolute atomic E-state index is 0.107. The summed E-state index contributed by atoms with van der Waals surface area (Å²) < 4.78 is 26.9. The molecule has 31 heavy (non-hydrogen) atoms. The molecule has 1 heterocycles. The van der Waals surface area contributed by atoms with Crippen LogP contribution in [0.5, 0.6) is 0 Å². The van der Waals surface area contributed by atoms with Gasteiger partial charge in [-0.3, -0.25) is 9.78 Å². The molecule has 0 unspecified atom stereocenters. The smallest absolute Gasteiger partial charge is 0.254 e. The Morgan fingerprint density at radius 2 is 1.65 bits per heavy atom. The van der Waals surface area contributed by atoms with E-state index in [1.165, 1.54) is 18.2 Å². The van der Waals surface area contributed by atoms with Gasteiger partial charge in [0.25, 0.3) is 5.91 Å². The van der Waals surface area contributed by atoms with Crippen molar-refractivity contribution in [2.24, 2.45) is 0 Å². The number of hydrogen-bond donors (Lipinski definition) is 1. The van der Waals surface area contributed by atoms with Crippen LogP contribution in [0.2, 0.25) is 0 Å². The van der Waals surface area contributed by atoms with Gasteiger partial charge in [-0.25, -0.2) is 13.1 Å². The highest BCUT2D eigenvalue weighted by atomic mass is 32.2. The van der Waals surface area contributed by atoms with Crippen molar-refractivity contribution in [2.75, 3.05) is 13.1 Å². The first kappa shape index (κ1) is 22.4. The van der Waals surface area contributed by atoms with Gasteiger partial charge in [-0.1, -0.05) is 36.4 Å². The van der Waals surface area contributed by atoms with Gasteiger partial charge < -0.3 is 4.90 Å². The SMILES string of the molecule is C=CCNS(=O)(=O)c1ccc(C(=O)N(CCc2ccccc2)Cc2ccncc2)cc1. The number of hydrogen-bond acceptors (Lipinski definition) is 4. The molecule has 1 N–H and O–H groups in total. The number of nitrogens with zero attached hydrogens (tertiary/aromatic N) is 2. The first-order chi connectivity index (χ1) is 15.0. The number of carbonyl (C=O) groups is 1. The zero-order chi connectivity index (χ0) is 22.1. The fourth-order valence-electron chi connectivity index (χ4n) is 3.08. The summed E-state index contributed by atoms with van der Waals surface area (Å²) >= 11 is 0. The molecule has 0 radical (unpaired) electrons. The maximum absolute atomic E-state index is 13.2. The average Bonchev–Trinajstić information content (AvgIpc) is 2.81. The van der Waals surface area contributed by atoms with Crippen LogP contribution in [0, 0.1) is 0 Å². The van der Waals surface area contributed by atoms with E-state index in [0.29, 0.717) is 18.7 Å². The van der Waals surface area contributed by atoms with Crippen molar-refractivity contribution in [1.82, 2.24) is 14.6 Å². The van der Waals surface area contributed by atoms with Crippen molar-refractivity contribution < 1.29 is 13.2 Å². The molecule has 0 aliphatic heterocycles. The zero-order valence-corrected chi connectivity index (χ0v) is 18.0. The number of amides is 1. The molecule has 0 bridgehead atoms. The first-order valence-electron chi connectivity index (χ1n) is 9.92. The van der Waals surface area contributed by atoms with Crippen LogP contribution in [0.3, 0.4) is 0 Å². The Bertz CT molecular complexity index is 1100. The molecule has 3 rings (SSSR count). The minimum Gasteiger partial charge on any atom is -0.334 e. The molecule has 6 nitrogen and oxygen atoms in total. The normalized spacial score (nSPS) is 11.1. The highest BCUT2D eigenvalue weighted by molar-refractivity contribution is 7.89. The highest BCUT2D eigenvalue weighted by Crippen LogP contribution is 2.15. The Labute approximate surface area is 183 Å². The third-order valence-electron chi connectivity index (χ3n) is 4.75. The Balaban J connectivity index is 1.78. The summed E-state index contributed by atoms with van der Waals surface area (Å²) in [6.45, 7) is 4.62. The highest BCUT2D eigenvalue weighted by Gasteiger charge is 2.18. The Kier molecular flexibility index (Phi) is 7.70. The van der Waals surface area contributed by atoms with Crippen LogP contribution in [0.25, 0.3) is 0 Å². The van der Waals surface area contributed by atoms with Gasteiger partial charge in [-0.15, -0.1) is 6.58 Å². The Hall–Kier alpha value is -3.29. The maximum atomic E-state index is 13.2. The van der Waals surface area contributed by atoms with Crippen LogP contribution in [-0.4, -0.2) is 37.3 Å². The summed E-state index contributed by atoms with van der Waals surface area (Å²) in [7, 11) is -3.63. The molecule has 1 amide bonds. The maximum Gasteiger partial charge on any atom is 0.254 e. The van der Waals surface area contributed by atoms with Crippen molar-refractivity contribution >= 4 is 15.9 Å². The molecule has 0 aliphatic rings. The van der Waals surface area contributed by atoms with E-state index < -0.39 is 10.0 Å². The summed E-state index contributed by atoms with van der Waals surface area (Å²) in [5, 5.41) is 0. The van der Waals surface area contributed by atoms with Gasteiger partial charge in [0.2, 0.25) is 10.0 Å². The number of carbonyl (C=O) groups excluding carboxylic acids is 1. The third kappa shape index (κ3) is 6.34. The molecule has 0 atom stereocenters. The fraction of sp³-hybridized carbons (Fsp3) is 0.167. The molecule has 2 aromatic carbocycles. The first-order valence-corrected chi connectivity index (χ1v) is 11.4. The van der Waals surface area contributed by atoms with Crippen molar-refractivity contribution in [3.05, 3.63) is 108 Å². The molecule has 160 valence electrons. The zero-order valence-electron chi connectivity index (χ0n) is 17.1. The van der Waals surface area contributed by atoms with E-state index in [1.807, 2.05) is 42.5 Å². The summed E-state index contributed by atoms with van der Waals surface area (Å²) in [5.74, 6) is -0.157. The van der Waals surface area contributed by atoms with Gasteiger partial charge in [0, 0.05) is 37.6 Å². The average molecular weight is 436 g/mol. The van der Waals surface area contributed by atoms with Gasteiger partial charge in [0.05, 0.1) is 4.90 Å². The Morgan fingerprint density at radius 1 is 0.968 bits per heavy atom.